The maximum absolute atomic E-state index is 14.0. The van der Waals surface area contributed by atoms with Crippen molar-refractivity contribution in [3.8, 4) is 10.4 Å². The smallest absolute Gasteiger partial charge is 0.137 e. The highest BCUT2D eigenvalue weighted by Gasteiger charge is 2.15. The molecule has 96 valence electrons. The highest BCUT2D eigenvalue weighted by Crippen LogP contribution is 2.33. The van der Waals surface area contributed by atoms with E-state index in [0.717, 1.165) is 18.0 Å². The van der Waals surface area contributed by atoms with Gasteiger partial charge in [-0.25, -0.2) is 8.78 Å². The summed E-state index contributed by atoms with van der Waals surface area (Å²) >= 11 is 1.42. The normalized spacial score (nSPS) is 10.9. The van der Waals surface area contributed by atoms with Gasteiger partial charge >= 0.3 is 0 Å². The maximum atomic E-state index is 14.0. The third kappa shape index (κ3) is 2.60. The monoisotopic (exact) mass is 267 g/mol. The Morgan fingerprint density at radius 2 is 1.94 bits per heavy atom. The van der Waals surface area contributed by atoms with Crippen LogP contribution in [0.15, 0.2) is 24.3 Å². The number of aryl methyl sites for hydroxylation is 1. The average Bonchev–Trinajstić information content (AvgIpc) is 2.80. The first-order valence-corrected chi connectivity index (χ1v) is 6.69. The molecule has 0 fully saturated rings. The first-order valence-electron chi connectivity index (χ1n) is 5.88. The molecule has 4 heteroatoms. The van der Waals surface area contributed by atoms with Crippen LogP contribution in [-0.2, 0) is 6.54 Å². The van der Waals surface area contributed by atoms with Gasteiger partial charge in [0, 0.05) is 16.3 Å². The summed E-state index contributed by atoms with van der Waals surface area (Å²) in [4.78, 5) is 1.72. The first-order chi connectivity index (χ1) is 8.63. The highest BCUT2D eigenvalue weighted by atomic mass is 32.1. The molecule has 0 unspecified atom stereocenters. The molecule has 0 amide bonds. The molecule has 1 aromatic heterocycles. The molecule has 0 aliphatic heterocycles. The van der Waals surface area contributed by atoms with Crippen LogP contribution < -0.4 is 5.32 Å². The number of hydrogen-bond acceptors (Lipinski definition) is 2. The van der Waals surface area contributed by atoms with Crippen molar-refractivity contribution < 1.29 is 8.78 Å². The van der Waals surface area contributed by atoms with E-state index in [1.165, 1.54) is 23.5 Å². The van der Waals surface area contributed by atoms with Crippen molar-refractivity contribution in [3.05, 3.63) is 46.3 Å². The van der Waals surface area contributed by atoms with Gasteiger partial charge in [0.25, 0.3) is 0 Å². The van der Waals surface area contributed by atoms with E-state index in [1.54, 1.807) is 13.0 Å². The van der Waals surface area contributed by atoms with Gasteiger partial charge in [0.1, 0.15) is 11.6 Å². The van der Waals surface area contributed by atoms with Crippen molar-refractivity contribution in [2.75, 3.05) is 6.54 Å². The second-order valence-electron chi connectivity index (χ2n) is 4.10. The van der Waals surface area contributed by atoms with E-state index < -0.39 is 11.6 Å². The second kappa shape index (κ2) is 5.59. The topological polar surface area (TPSA) is 12.0 Å². The molecule has 1 nitrogen and oxygen atoms in total. The second-order valence-corrected chi connectivity index (χ2v) is 5.27. The molecule has 2 aromatic rings. The molecule has 0 saturated carbocycles. The summed E-state index contributed by atoms with van der Waals surface area (Å²) in [6.45, 7) is 5.27. The summed E-state index contributed by atoms with van der Waals surface area (Å²) in [6.07, 6.45) is 0. The molecule has 2 rings (SSSR count). The molecule has 0 saturated heterocycles. The lowest BCUT2D eigenvalue weighted by Gasteiger charge is -2.04. The molecular weight excluding hydrogens is 252 g/mol. The van der Waals surface area contributed by atoms with E-state index in [0.29, 0.717) is 10.4 Å². The predicted molar refractivity (Wildman–Crippen MR) is 71.8 cm³/mol. The van der Waals surface area contributed by atoms with Crippen molar-refractivity contribution in [3.63, 3.8) is 0 Å². The average molecular weight is 267 g/mol. The molecule has 0 radical (unpaired) electrons. The van der Waals surface area contributed by atoms with Crippen molar-refractivity contribution in [1.29, 1.82) is 0 Å². The number of thiophene rings is 1. The van der Waals surface area contributed by atoms with E-state index in [1.807, 2.05) is 13.0 Å². The fraction of sp³-hybridized carbons (Fsp3) is 0.286. The summed E-state index contributed by atoms with van der Waals surface area (Å²) in [5.74, 6) is -0.971. The van der Waals surface area contributed by atoms with E-state index in [4.69, 9.17) is 0 Å². The fourth-order valence-electron chi connectivity index (χ4n) is 1.74. The molecule has 0 atom stereocenters. The van der Waals surface area contributed by atoms with Gasteiger partial charge in [-0.3, -0.25) is 0 Å². The van der Waals surface area contributed by atoms with Gasteiger partial charge in [0.2, 0.25) is 0 Å². The van der Waals surface area contributed by atoms with Gasteiger partial charge in [0.15, 0.2) is 0 Å². The third-order valence-electron chi connectivity index (χ3n) is 2.74. The molecule has 1 N–H and O–H groups in total. The molecule has 1 aromatic carbocycles. The van der Waals surface area contributed by atoms with E-state index in [2.05, 4.69) is 5.32 Å². The van der Waals surface area contributed by atoms with Crippen LogP contribution in [0.5, 0.6) is 0 Å². The lowest BCUT2D eigenvalue weighted by molar-refractivity contribution is 0.584. The van der Waals surface area contributed by atoms with Gasteiger partial charge in [-0.15, -0.1) is 11.3 Å². The number of nitrogens with one attached hydrogen (secondary N) is 1. The zero-order valence-corrected chi connectivity index (χ0v) is 11.2. The van der Waals surface area contributed by atoms with Crippen molar-refractivity contribution in [2.24, 2.45) is 0 Å². The predicted octanol–water partition coefficient (Wildman–Crippen LogP) is 4.11. The van der Waals surface area contributed by atoms with Crippen LogP contribution >= 0.6 is 11.3 Å². The Kier molecular flexibility index (Phi) is 4.09. The van der Waals surface area contributed by atoms with Crippen molar-refractivity contribution in [1.82, 2.24) is 5.32 Å². The SMILES string of the molecule is CCNCc1ccc(-c2c(F)ccc(C)c2F)s1. The zero-order chi connectivity index (χ0) is 13.1. The van der Waals surface area contributed by atoms with Crippen molar-refractivity contribution >= 4 is 11.3 Å². The Labute approximate surface area is 109 Å². The summed E-state index contributed by atoms with van der Waals surface area (Å²) in [5, 5.41) is 3.19. The van der Waals surface area contributed by atoms with Gasteiger partial charge in [0.05, 0.1) is 5.56 Å². The third-order valence-corrected chi connectivity index (χ3v) is 3.84. The molecule has 0 aliphatic carbocycles. The van der Waals surface area contributed by atoms with Crippen LogP contribution in [0.4, 0.5) is 8.78 Å². The summed E-state index contributed by atoms with van der Waals surface area (Å²) in [6, 6.07) is 6.46. The fourth-order valence-corrected chi connectivity index (χ4v) is 2.76. The number of halogens is 2. The van der Waals surface area contributed by atoms with Crippen LogP contribution in [-0.4, -0.2) is 6.54 Å². The number of rotatable bonds is 4. The minimum atomic E-state index is -0.505. The number of hydrogen-bond donors (Lipinski definition) is 1. The van der Waals surface area contributed by atoms with E-state index >= 15 is 0 Å². The van der Waals surface area contributed by atoms with Crippen LogP contribution in [0.2, 0.25) is 0 Å². The summed E-state index contributed by atoms with van der Waals surface area (Å²) in [5.41, 5.74) is 0.552. The molecule has 0 bridgehead atoms. The van der Waals surface area contributed by atoms with Crippen LogP contribution in [0.25, 0.3) is 10.4 Å². The molecular formula is C14H15F2NS. The Morgan fingerprint density at radius 3 is 2.67 bits per heavy atom. The van der Waals surface area contributed by atoms with Crippen molar-refractivity contribution in [2.45, 2.75) is 20.4 Å². The van der Waals surface area contributed by atoms with Gasteiger partial charge in [-0.2, -0.15) is 0 Å². The van der Waals surface area contributed by atoms with E-state index in [-0.39, 0.29) is 5.56 Å². The minimum absolute atomic E-state index is 0.0859. The largest absolute Gasteiger partial charge is 0.312 e. The molecule has 0 spiro atoms. The van der Waals surface area contributed by atoms with Gasteiger partial charge in [-0.05, 0) is 37.2 Å². The lowest BCUT2D eigenvalue weighted by atomic mass is 10.1. The summed E-state index contributed by atoms with van der Waals surface area (Å²) in [7, 11) is 0. The molecule has 0 aliphatic rings. The Balaban J connectivity index is 2.37. The lowest BCUT2D eigenvalue weighted by Crippen LogP contribution is -2.10. The zero-order valence-electron chi connectivity index (χ0n) is 10.4. The Morgan fingerprint density at radius 1 is 1.17 bits per heavy atom. The Bertz CT molecular complexity index is 549. The van der Waals surface area contributed by atoms with E-state index in [9.17, 15) is 8.78 Å². The minimum Gasteiger partial charge on any atom is -0.312 e. The van der Waals surface area contributed by atoms with Crippen LogP contribution in [0.3, 0.4) is 0 Å². The maximum Gasteiger partial charge on any atom is 0.137 e. The van der Waals surface area contributed by atoms with Gasteiger partial charge in [-0.1, -0.05) is 13.0 Å². The van der Waals surface area contributed by atoms with Gasteiger partial charge < -0.3 is 5.32 Å². The standard InChI is InChI=1S/C14H15F2NS/c1-3-17-8-10-5-7-12(18-10)13-11(15)6-4-9(2)14(13)16/h4-7,17H,3,8H2,1-2H3. The van der Waals surface area contributed by atoms with Crippen LogP contribution in [0, 0.1) is 18.6 Å². The first kappa shape index (κ1) is 13.2. The number of benzene rings is 1. The molecule has 1 heterocycles. The molecule has 18 heavy (non-hydrogen) atoms. The quantitative estimate of drug-likeness (QED) is 0.879. The summed E-state index contributed by atoms with van der Waals surface area (Å²) < 4.78 is 27.7. The highest BCUT2D eigenvalue weighted by molar-refractivity contribution is 7.15. The Hall–Kier alpha value is -1.26. The van der Waals surface area contributed by atoms with Crippen LogP contribution in [0.1, 0.15) is 17.4 Å².